The van der Waals surface area contributed by atoms with Gasteiger partial charge in [-0.05, 0) is 18.2 Å². The van der Waals surface area contributed by atoms with E-state index in [1.54, 1.807) is 24.3 Å². The molecule has 0 aromatic heterocycles. The minimum atomic E-state index is -1.40. The van der Waals surface area contributed by atoms with Crippen molar-refractivity contribution in [3.63, 3.8) is 0 Å². The predicted octanol–water partition coefficient (Wildman–Crippen LogP) is -0.319. The molecular formula is C11H13ClN2O4. The molecule has 6 nitrogen and oxygen atoms in total. The number of nitrogens with one attached hydrogen (secondary N) is 1. The van der Waals surface area contributed by atoms with Crippen molar-refractivity contribution in [2.45, 2.75) is 6.10 Å². The number of ether oxygens (including phenoxy) is 1. The Hall–Kier alpha value is -1.79. The zero-order valence-electron chi connectivity index (χ0n) is 9.43. The first kappa shape index (κ1) is 14.3. The van der Waals surface area contributed by atoms with E-state index in [9.17, 15) is 9.59 Å². The van der Waals surface area contributed by atoms with Gasteiger partial charge in [-0.1, -0.05) is 17.7 Å². The third-order valence-electron chi connectivity index (χ3n) is 1.99. The average molecular weight is 273 g/mol. The second kappa shape index (κ2) is 6.83. The summed E-state index contributed by atoms with van der Waals surface area (Å²) in [5, 5.41) is 11.8. The highest BCUT2D eigenvalue weighted by Crippen LogP contribution is 2.16. The van der Waals surface area contributed by atoms with E-state index in [0.717, 1.165) is 0 Å². The van der Waals surface area contributed by atoms with Crippen LogP contribution in [-0.4, -0.2) is 36.2 Å². The Labute approximate surface area is 109 Å². The van der Waals surface area contributed by atoms with Gasteiger partial charge in [0.25, 0.3) is 5.91 Å². The minimum absolute atomic E-state index is 0.243. The van der Waals surface area contributed by atoms with Crippen LogP contribution < -0.4 is 15.8 Å². The molecule has 0 aliphatic carbocycles. The highest BCUT2D eigenvalue weighted by molar-refractivity contribution is 6.30. The second-order valence-corrected chi connectivity index (χ2v) is 3.90. The number of hydrogen-bond acceptors (Lipinski definition) is 4. The van der Waals surface area contributed by atoms with Crippen LogP contribution in [0.25, 0.3) is 0 Å². The molecule has 2 amide bonds. The number of primary amides is 1. The van der Waals surface area contributed by atoms with Gasteiger partial charge in [0, 0.05) is 5.02 Å². The summed E-state index contributed by atoms with van der Waals surface area (Å²) in [6, 6.07) is 6.58. The number of amides is 2. The lowest BCUT2D eigenvalue weighted by Gasteiger charge is -2.09. The van der Waals surface area contributed by atoms with Crippen LogP contribution in [0.15, 0.2) is 24.3 Å². The third kappa shape index (κ3) is 5.03. The number of aliphatic hydroxyl groups is 1. The second-order valence-electron chi connectivity index (χ2n) is 3.47. The quantitative estimate of drug-likeness (QED) is 0.660. The van der Waals surface area contributed by atoms with E-state index in [-0.39, 0.29) is 13.2 Å². The molecule has 1 unspecified atom stereocenters. The summed E-state index contributed by atoms with van der Waals surface area (Å²) in [4.78, 5) is 21.8. The molecule has 1 aromatic carbocycles. The van der Waals surface area contributed by atoms with E-state index in [0.29, 0.717) is 10.8 Å². The highest BCUT2D eigenvalue weighted by Gasteiger charge is 2.12. The normalized spacial score (nSPS) is 11.7. The Morgan fingerprint density at radius 3 is 2.83 bits per heavy atom. The molecule has 18 heavy (non-hydrogen) atoms. The van der Waals surface area contributed by atoms with E-state index >= 15 is 0 Å². The molecule has 0 aliphatic heterocycles. The lowest BCUT2D eigenvalue weighted by molar-refractivity contribution is -0.127. The maximum Gasteiger partial charge on any atom is 0.258 e. The Kier molecular flexibility index (Phi) is 5.41. The van der Waals surface area contributed by atoms with Gasteiger partial charge < -0.3 is 20.9 Å². The topological polar surface area (TPSA) is 102 Å². The van der Waals surface area contributed by atoms with E-state index in [4.69, 9.17) is 27.2 Å². The van der Waals surface area contributed by atoms with Crippen LogP contribution >= 0.6 is 11.6 Å². The van der Waals surface area contributed by atoms with Gasteiger partial charge in [0.15, 0.2) is 6.61 Å². The minimum Gasteiger partial charge on any atom is -0.484 e. The zero-order chi connectivity index (χ0) is 13.5. The van der Waals surface area contributed by atoms with Crippen LogP contribution in [0.5, 0.6) is 5.75 Å². The van der Waals surface area contributed by atoms with Crippen molar-refractivity contribution in [1.82, 2.24) is 5.32 Å². The SMILES string of the molecule is NC(=O)C(O)CNC(=O)COc1cccc(Cl)c1. The zero-order valence-corrected chi connectivity index (χ0v) is 10.2. The van der Waals surface area contributed by atoms with Crippen molar-refractivity contribution >= 4 is 23.4 Å². The fraction of sp³-hybridized carbons (Fsp3) is 0.273. The summed E-state index contributed by atoms with van der Waals surface area (Å²) in [6.07, 6.45) is -1.40. The molecule has 1 atom stereocenters. The molecule has 0 aliphatic rings. The van der Waals surface area contributed by atoms with Crippen molar-refractivity contribution in [1.29, 1.82) is 0 Å². The fourth-order valence-electron chi connectivity index (χ4n) is 1.07. The number of nitrogens with two attached hydrogens (primary N) is 1. The van der Waals surface area contributed by atoms with Gasteiger partial charge in [-0.3, -0.25) is 9.59 Å². The third-order valence-corrected chi connectivity index (χ3v) is 2.22. The summed E-state index contributed by atoms with van der Waals surface area (Å²) in [6.45, 7) is -0.487. The van der Waals surface area contributed by atoms with E-state index in [1.165, 1.54) is 0 Å². The summed E-state index contributed by atoms with van der Waals surface area (Å²) in [7, 11) is 0. The molecule has 0 heterocycles. The maximum absolute atomic E-state index is 11.3. The van der Waals surface area contributed by atoms with Gasteiger partial charge in [-0.2, -0.15) is 0 Å². The largest absolute Gasteiger partial charge is 0.484 e. The Balaban J connectivity index is 2.31. The molecule has 1 aromatic rings. The average Bonchev–Trinajstić information content (AvgIpc) is 2.33. The first-order valence-electron chi connectivity index (χ1n) is 5.11. The molecule has 7 heteroatoms. The van der Waals surface area contributed by atoms with Crippen LogP contribution in [0.2, 0.25) is 5.02 Å². The van der Waals surface area contributed by atoms with E-state index in [2.05, 4.69) is 5.32 Å². The molecule has 98 valence electrons. The monoisotopic (exact) mass is 272 g/mol. The lowest BCUT2D eigenvalue weighted by Crippen LogP contribution is -2.41. The Morgan fingerprint density at radius 2 is 2.22 bits per heavy atom. The molecule has 0 bridgehead atoms. The fourth-order valence-corrected chi connectivity index (χ4v) is 1.25. The number of carbonyl (C=O) groups excluding carboxylic acids is 2. The Morgan fingerprint density at radius 1 is 1.50 bits per heavy atom. The van der Waals surface area contributed by atoms with Gasteiger partial charge in [-0.25, -0.2) is 0 Å². The predicted molar refractivity (Wildman–Crippen MR) is 65.2 cm³/mol. The number of hydrogen-bond donors (Lipinski definition) is 3. The number of benzene rings is 1. The van der Waals surface area contributed by atoms with Gasteiger partial charge in [-0.15, -0.1) is 0 Å². The molecule has 0 saturated carbocycles. The standard InChI is InChI=1S/C11H13ClN2O4/c12-7-2-1-3-8(4-7)18-6-10(16)14-5-9(15)11(13)17/h1-4,9,15H,5-6H2,(H2,13,17)(H,14,16). The van der Waals surface area contributed by atoms with Gasteiger partial charge in [0.1, 0.15) is 11.9 Å². The van der Waals surface area contributed by atoms with Crippen molar-refractivity contribution < 1.29 is 19.4 Å². The Bertz CT molecular complexity index is 439. The summed E-state index contributed by atoms with van der Waals surface area (Å²) < 4.78 is 5.15. The smallest absolute Gasteiger partial charge is 0.258 e. The summed E-state index contributed by atoms with van der Waals surface area (Å²) in [5.74, 6) is -0.922. The van der Waals surface area contributed by atoms with Crippen LogP contribution in [0, 0.1) is 0 Å². The summed E-state index contributed by atoms with van der Waals surface area (Å²) in [5.41, 5.74) is 4.82. The highest BCUT2D eigenvalue weighted by atomic mass is 35.5. The molecule has 4 N–H and O–H groups in total. The van der Waals surface area contributed by atoms with Crippen molar-refractivity contribution in [2.75, 3.05) is 13.2 Å². The van der Waals surface area contributed by atoms with E-state index < -0.39 is 17.9 Å². The van der Waals surface area contributed by atoms with Crippen molar-refractivity contribution in [2.24, 2.45) is 5.73 Å². The molecule has 0 spiro atoms. The van der Waals surface area contributed by atoms with Gasteiger partial charge >= 0.3 is 0 Å². The molecule has 0 saturated heterocycles. The van der Waals surface area contributed by atoms with Crippen molar-refractivity contribution in [3.8, 4) is 5.75 Å². The lowest BCUT2D eigenvalue weighted by atomic mass is 10.3. The number of carbonyl (C=O) groups is 2. The molecule has 0 fully saturated rings. The first-order chi connectivity index (χ1) is 8.49. The first-order valence-corrected chi connectivity index (χ1v) is 5.49. The van der Waals surface area contributed by atoms with Crippen LogP contribution in [0.3, 0.4) is 0 Å². The van der Waals surface area contributed by atoms with Crippen LogP contribution in [-0.2, 0) is 9.59 Å². The number of rotatable bonds is 6. The maximum atomic E-state index is 11.3. The molecule has 1 rings (SSSR count). The van der Waals surface area contributed by atoms with Crippen molar-refractivity contribution in [3.05, 3.63) is 29.3 Å². The number of aliphatic hydroxyl groups excluding tert-OH is 1. The molecular weight excluding hydrogens is 260 g/mol. The van der Waals surface area contributed by atoms with Crippen LogP contribution in [0.1, 0.15) is 0 Å². The van der Waals surface area contributed by atoms with Crippen LogP contribution in [0.4, 0.5) is 0 Å². The van der Waals surface area contributed by atoms with Gasteiger partial charge in [0.2, 0.25) is 5.91 Å². The van der Waals surface area contributed by atoms with Gasteiger partial charge in [0.05, 0.1) is 6.54 Å². The van der Waals surface area contributed by atoms with E-state index in [1.807, 2.05) is 0 Å². The molecule has 0 radical (unpaired) electrons. The summed E-state index contributed by atoms with van der Waals surface area (Å²) >= 11 is 5.73. The number of halogens is 1.